The molecule has 1 saturated carbocycles. The molecule has 1 heterocycles. The number of thiazole rings is 1. The molecule has 0 aliphatic heterocycles. The van der Waals surface area contributed by atoms with Crippen LogP contribution in [-0.2, 0) is 6.54 Å². The molecule has 3 heteroatoms. The standard InChI is InChI=1S/C11H18N2S/c1-3-11(5-4-6-11)12-7-10-8-14-9(2)13-10/h8,12H,3-7H2,1-2H3. The third-order valence-electron chi connectivity index (χ3n) is 3.30. The minimum Gasteiger partial charge on any atom is -0.306 e. The van der Waals surface area contributed by atoms with Gasteiger partial charge in [-0.2, -0.15) is 0 Å². The van der Waals surface area contributed by atoms with E-state index in [1.54, 1.807) is 11.3 Å². The van der Waals surface area contributed by atoms with Crippen LogP contribution in [0.25, 0.3) is 0 Å². The van der Waals surface area contributed by atoms with E-state index in [-0.39, 0.29) is 0 Å². The lowest BCUT2D eigenvalue weighted by Gasteiger charge is -2.42. The molecular weight excluding hydrogens is 192 g/mol. The van der Waals surface area contributed by atoms with Crippen LogP contribution in [0.4, 0.5) is 0 Å². The molecular formula is C11H18N2S. The first-order chi connectivity index (χ1) is 6.74. The molecule has 2 nitrogen and oxygen atoms in total. The summed E-state index contributed by atoms with van der Waals surface area (Å²) in [6.07, 6.45) is 5.31. The minimum absolute atomic E-state index is 0.442. The van der Waals surface area contributed by atoms with Crippen molar-refractivity contribution in [3.63, 3.8) is 0 Å². The second-order valence-electron chi connectivity index (χ2n) is 4.20. The van der Waals surface area contributed by atoms with Gasteiger partial charge in [-0.25, -0.2) is 4.98 Å². The predicted octanol–water partition coefficient (Wildman–Crippen LogP) is 2.87. The average Bonchev–Trinajstić information content (AvgIpc) is 2.50. The van der Waals surface area contributed by atoms with Crippen molar-refractivity contribution in [3.8, 4) is 0 Å². The minimum atomic E-state index is 0.442. The molecule has 0 spiro atoms. The summed E-state index contributed by atoms with van der Waals surface area (Å²) < 4.78 is 0. The Bertz CT molecular complexity index is 296. The van der Waals surface area contributed by atoms with Gasteiger partial charge in [0.25, 0.3) is 0 Å². The van der Waals surface area contributed by atoms with Crippen LogP contribution in [0.5, 0.6) is 0 Å². The van der Waals surface area contributed by atoms with Gasteiger partial charge in [0.1, 0.15) is 0 Å². The second-order valence-corrected chi connectivity index (χ2v) is 5.26. The monoisotopic (exact) mass is 210 g/mol. The SMILES string of the molecule is CCC1(NCc2csc(C)n2)CCC1. The highest BCUT2D eigenvalue weighted by atomic mass is 32.1. The Kier molecular flexibility index (Phi) is 2.88. The van der Waals surface area contributed by atoms with Crippen molar-refractivity contribution in [2.75, 3.05) is 0 Å². The lowest BCUT2D eigenvalue weighted by molar-refractivity contribution is 0.175. The molecule has 1 aromatic rings. The van der Waals surface area contributed by atoms with E-state index in [0.717, 1.165) is 6.54 Å². The van der Waals surface area contributed by atoms with Crippen LogP contribution >= 0.6 is 11.3 Å². The number of nitrogens with zero attached hydrogens (tertiary/aromatic N) is 1. The number of nitrogens with one attached hydrogen (secondary N) is 1. The summed E-state index contributed by atoms with van der Waals surface area (Å²) in [6, 6.07) is 0. The third-order valence-corrected chi connectivity index (χ3v) is 4.12. The van der Waals surface area contributed by atoms with Gasteiger partial charge in [-0.05, 0) is 32.6 Å². The Morgan fingerprint density at radius 2 is 2.36 bits per heavy atom. The number of aromatic nitrogens is 1. The Labute approximate surface area is 89.8 Å². The van der Waals surface area contributed by atoms with E-state index < -0.39 is 0 Å². The van der Waals surface area contributed by atoms with Crippen LogP contribution in [0.2, 0.25) is 0 Å². The van der Waals surface area contributed by atoms with E-state index in [2.05, 4.69) is 29.5 Å². The third kappa shape index (κ3) is 1.98. The smallest absolute Gasteiger partial charge is 0.0897 e. The zero-order valence-corrected chi connectivity index (χ0v) is 9.78. The summed E-state index contributed by atoms with van der Waals surface area (Å²) >= 11 is 1.74. The van der Waals surface area contributed by atoms with Gasteiger partial charge in [0.15, 0.2) is 0 Å². The first-order valence-electron chi connectivity index (χ1n) is 5.40. The zero-order chi connectivity index (χ0) is 10.0. The van der Waals surface area contributed by atoms with Crippen molar-refractivity contribution in [1.29, 1.82) is 0 Å². The first-order valence-corrected chi connectivity index (χ1v) is 6.28. The highest BCUT2D eigenvalue weighted by molar-refractivity contribution is 7.09. The van der Waals surface area contributed by atoms with Crippen molar-refractivity contribution in [2.45, 2.75) is 51.6 Å². The Hall–Kier alpha value is -0.410. The van der Waals surface area contributed by atoms with Gasteiger partial charge in [-0.15, -0.1) is 11.3 Å². The molecule has 0 amide bonds. The van der Waals surface area contributed by atoms with Crippen molar-refractivity contribution < 1.29 is 0 Å². The maximum Gasteiger partial charge on any atom is 0.0897 e. The Morgan fingerprint density at radius 1 is 1.57 bits per heavy atom. The second kappa shape index (κ2) is 3.99. The maximum atomic E-state index is 4.46. The molecule has 1 aliphatic carbocycles. The number of hydrogen-bond donors (Lipinski definition) is 1. The molecule has 1 N–H and O–H groups in total. The van der Waals surface area contributed by atoms with Gasteiger partial charge >= 0.3 is 0 Å². The number of rotatable bonds is 4. The summed E-state index contributed by atoms with van der Waals surface area (Å²) in [6.45, 7) is 5.28. The molecule has 2 rings (SSSR count). The van der Waals surface area contributed by atoms with Gasteiger partial charge < -0.3 is 5.32 Å². The van der Waals surface area contributed by atoms with Gasteiger partial charge in [0, 0.05) is 17.5 Å². The Morgan fingerprint density at radius 3 is 2.79 bits per heavy atom. The van der Waals surface area contributed by atoms with Crippen molar-refractivity contribution in [2.24, 2.45) is 0 Å². The van der Waals surface area contributed by atoms with Gasteiger partial charge in [-0.3, -0.25) is 0 Å². The van der Waals surface area contributed by atoms with E-state index in [4.69, 9.17) is 0 Å². The normalized spacial score (nSPS) is 19.3. The molecule has 1 aromatic heterocycles. The fourth-order valence-electron chi connectivity index (χ4n) is 2.03. The van der Waals surface area contributed by atoms with Crippen LogP contribution < -0.4 is 5.32 Å². The Balaban J connectivity index is 1.87. The molecule has 0 unspecified atom stereocenters. The van der Waals surface area contributed by atoms with Crippen molar-refractivity contribution in [3.05, 3.63) is 16.1 Å². The van der Waals surface area contributed by atoms with E-state index in [1.807, 2.05) is 0 Å². The predicted molar refractivity (Wildman–Crippen MR) is 60.6 cm³/mol. The molecule has 0 aromatic carbocycles. The van der Waals surface area contributed by atoms with Crippen LogP contribution in [0.1, 0.15) is 43.3 Å². The number of hydrogen-bond acceptors (Lipinski definition) is 3. The van der Waals surface area contributed by atoms with Gasteiger partial charge in [0.05, 0.1) is 10.7 Å². The van der Waals surface area contributed by atoms with Crippen LogP contribution in [0.3, 0.4) is 0 Å². The lowest BCUT2D eigenvalue weighted by Crippen LogP contribution is -2.49. The zero-order valence-electron chi connectivity index (χ0n) is 8.97. The molecule has 0 atom stereocenters. The number of aryl methyl sites for hydroxylation is 1. The van der Waals surface area contributed by atoms with Crippen molar-refractivity contribution >= 4 is 11.3 Å². The summed E-state index contributed by atoms with van der Waals surface area (Å²) in [5.41, 5.74) is 1.64. The fourth-order valence-corrected chi connectivity index (χ4v) is 2.64. The molecule has 14 heavy (non-hydrogen) atoms. The summed E-state index contributed by atoms with van der Waals surface area (Å²) in [4.78, 5) is 4.46. The van der Waals surface area contributed by atoms with Crippen LogP contribution in [-0.4, -0.2) is 10.5 Å². The van der Waals surface area contributed by atoms with Gasteiger partial charge in [-0.1, -0.05) is 6.92 Å². The quantitative estimate of drug-likeness (QED) is 0.826. The molecule has 1 aliphatic rings. The highest BCUT2D eigenvalue weighted by Crippen LogP contribution is 2.34. The molecule has 0 radical (unpaired) electrons. The average molecular weight is 210 g/mol. The van der Waals surface area contributed by atoms with E-state index in [9.17, 15) is 0 Å². The van der Waals surface area contributed by atoms with Crippen LogP contribution in [0, 0.1) is 6.92 Å². The van der Waals surface area contributed by atoms with Gasteiger partial charge in [0.2, 0.25) is 0 Å². The van der Waals surface area contributed by atoms with E-state index >= 15 is 0 Å². The van der Waals surface area contributed by atoms with Crippen LogP contribution in [0.15, 0.2) is 5.38 Å². The molecule has 0 bridgehead atoms. The summed E-state index contributed by atoms with van der Waals surface area (Å²) in [5.74, 6) is 0. The fraction of sp³-hybridized carbons (Fsp3) is 0.727. The largest absolute Gasteiger partial charge is 0.306 e. The molecule has 0 saturated heterocycles. The summed E-state index contributed by atoms with van der Waals surface area (Å²) in [5, 5.41) is 6.98. The van der Waals surface area contributed by atoms with E-state index in [0.29, 0.717) is 5.54 Å². The van der Waals surface area contributed by atoms with E-state index in [1.165, 1.54) is 36.4 Å². The first kappa shape index (κ1) is 10.1. The maximum absolute atomic E-state index is 4.46. The molecule has 1 fully saturated rings. The topological polar surface area (TPSA) is 24.9 Å². The lowest BCUT2D eigenvalue weighted by atomic mass is 9.75. The summed E-state index contributed by atoms with van der Waals surface area (Å²) in [7, 11) is 0. The van der Waals surface area contributed by atoms with Crippen molar-refractivity contribution in [1.82, 2.24) is 10.3 Å². The highest BCUT2D eigenvalue weighted by Gasteiger charge is 2.34. The molecule has 78 valence electrons.